The summed E-state index contributed by atoms with van der Waals surface area (Å²) in [5.41, 5.74) is 2.85. The number of methoxy groups -OCH3 is 1. The van der Waals surface area contributed by atoms with Gasteiger partial charge in [-0.2, -0.15) is 0 Å². The fourth-order valence-electron chi connectivity index (χ4n) is 8.25. The summed E-state index contributed by atoms with van der Waals surface area (Å²) in [5, 5.41) is 0. The van der Waals surface area contributed by atoms with Crippen LogP contribution in [0, 0.1) is 39.4 Å². The molecule has 4 bridgehead atoms. The Morgan fingerprint density at radius 3 is 2.65 bits per heavy atom. The average molecular weight is 314 g/mol. The van der Waals surface area contributed by atoms with Crippen molar-refractivity contribution in [3.63, 3.8) is 0 Å². The Hall–Kier alpha value is -0.790. The van der Waals surface area contributed by atoms with Gasteiger partial charge in [0.1, 0.15) is 0 Å². The molecule has 1 spiro atoms. The van der Waals surface area contributed by atoms with Crippen LogP contribution in [0.25, 0.3) is 0 Å². The molecule has 0 aromatic carbocycles. The van der Waals surface area contributed by atoms with Gasteiger partial charge in [-0.05, 0) is 79.4 Å². The van der Waals surface area contributed by atoms with Crippen molar-refractivity contribution in [2.45, 2.75) is 65.7 Å². The standard InChI is InChI=1S/C21H30O2/c1-18-7-5-8-19(2,17(22)23-4)15(18)6-9-21-11-14-13(10-16(18)21)20(14,3)12-21/h10,13-15H,5-9,11-12H2,1-4H3/t13-,14+,15+,18-,19-,20-,21+/m1/s1. The van der Waals surface area contributed by atoms with Gasteiger partial charge in [-0.3, -0.25) is 4.79 Å². The van der Waals surface area contributed by atoms with E-state index in [2.05, 4.69) is 26.8 Å². The minimum Gasteiger partial charge on any atom is -0.469 e. The predicted molar refractivity (Wildman–Crippen MR) is 89.6 cm³/mol. The Bertz CT molecular complexity index is 636. The smallest absolute Gasteiger partial charge is 0.311 e. The SMILES string of the molecule is COC(=O)[C@]1(C)CCC[C@@]2(C)C3=C[C@@H]4[C@@H]5C[C@@]3(CC[C@H]12)C[C@]45C. The van der Waals surface area contributed by atoms with Crippen molar-refractivity contribution in [3.8, 4) is 0 Å². The number of hydrogen-bond donors (Lipinski definition) is 0. The van der Waals surface area contributed by atoms with Crippen molar-refractivity contribution >= 4 is 5.97 Å². The summed E-state index contributed by atoms with van der Waals surface area (Å²) in [5.74, 6) is 2.32. The van der Waals surface area contributed by atoms with E-state index in [1.807, 2.05) is 0 Å². The minimum absolute atomic E-state index is 0.0310. The lowest BCUT2D eigenvalue weighted by molar-refractivity contribution is -0.165. The predicted octanol–water partition coefficient (Wildman–Crippen LogP) is 4.74. The molecule has 0 amide bonds. The van der Waals surface area contributed by atoms with E-state index in [0.29, 0.717) is 16.7 Å². The maximum absolute atomic E-state index is 12.6. The molecule has 0 unspecified atom stereocenters. The highest BCUT2D eigenvalue weighted by atomic mass is 16.5. The highest BCUT2D eigenvalue weighted by Gasteiger charge is 2.75. The normalized spacial score (nSPS) is 58.8. The lowest BCUT2D eigenvalue weighted by Gasteiger charge is -2.61. The molecule has 0 saturated heterocycles. The number of esters is 1. The third-order valence-corrected chi connectivity index (χ3v) is 9.29. The van der Waals surface area contributed by atoms with Crippen LogP contribution in [0.5, 0.6) is 0 Å². The van der Waals surface area contributed by atoms with Crippen molar-refractivity contribution < 1.29 is 9.53 Å². The van der Waals surface area contributed by atoms with Crippen LogP contribution in [-0.4, -0.2) is 13.1 Å². The first-order chi connectivity index (χ1) is 10.8. The summed E-state index contributed by atoms with van der Waals surface area (Å²) in [6, 6.07) is 0. The van der Waals surface area contributed by atoms with Crippen LogP contribution in [0.15, 0.2) is 11.6 Å². The summed E-state index contributed by atoms with van der Waals surface area (Å²) in [4.78, 5) is 12.6. The molecule has 0 aliphatic heterocycles. The zero-order chi connectivity index (χ0) is 16.3. The molecular weight excluding hydrogens is 284 g/mol. The van der Waals surface area contributed by atoms with E-state index >= 15 is 0 Å². The van der Waals surface area contributed by atoms with E-state index in [-0.39, 0.29) is 16.8 Å². The van der Waals surface area contributed by atoms with Crippen molar-refractivity contribution in [1.29, 1.82) is 0 Å². The zero-order valence-electron chi connectivity index (χ0n) is 15.1. The molecule has 2 nitrogen and oxygen atoms in total. The van der Waals surface area contributed by atoms with E-state index in [0.717, 1.165) is 24.7 Å². The van der Waals surface area contributed by atoms with Crippen molar-refractivity contribution in [1.82, 2.24) is 0 Å². The summed E-state index contributed by atoms with van der Waals surface area (Å²) in [7, 11) is 1.57. The molecule has 23 heavy (non-hydrogen) atoms. The van der Waals surface area contributed by atoms with Gasteiger partial charge in [0.25, 0.3) is 0 Å². The van der Waals surface area contributed by atoms with Crippen LogP contribution >= 0.6 is 0 Å². The Kier molecular flexibility index (Phi) is 2.46. The molecule has 0 N–H and O–H groups in total. The second-order valence-electron chi connectivity index (χ2n) is 10.2. The third kappa shape index (κ3) is 1.42. The van der Waals surface area contributed by atoms with Gasteiger partial charge in [0.05, 0.1) is 12.5 Å². The third-order valence-electron chi connectivity index (χ3n) is 9.29. The highest BCUT2D eigenvalue weighted by Crippen LogP contribution is 2.83. The molecule has 7 atom stereocenters. The first-order valence-electron chi connectivity index (χ1n) is 9.61. The average Bonchev–Trinajstić information content (AvgIpc) is 2.97. The quantitative estimate of drug-likeness (QED) is 0.516. The molecule has 0 aromatic rings. The molecule has 6 rings (SSSR count). The van der Waals surface area contributed by atoms with Crippen LogP contribution in [0.1, 0.15) is 65.7 Å². The number of hydrogen-bond acceptors (Lipinski definition) is 2. The van der Waals surface area contributed by atoms with E-state index in [4.69, 9.17) is 4.74 Å². The summed E-state index contributed by atoms with van der Waals surface area (Å²) >= 11 is 0. The molecule has 4 saturated carbocycles. The van der Waals surface area contributed by atoms with Gasteiger partial charge in [0, 0.05) is 0 Å². The molecule has 2 heteroatoms. The van der Waals surface area contributed by atoms with Gasteiger partial charge >= 0.3 is 5.97 Å². The number of fused-ring (bicyclic) bond motifs is 1. The Morgan fingerprint density at radius 2 is 2.00 bits per heavy atom. The lowest BCUT2D eigenvalue weighted by Crippen LogP contribution is -2.55. The number of carbonyl (C=O) groups is 1. The van der Waals surface area contributed by atoms with E-state index in [1.54, 1.807) is 12.7 Å². The van der Waals surface area contributed by atoms with Gasteiger partial charge < -0.3 is 4.74 Å². The van der Waals surface area contributed by atoms with E-state index in [1.165, 1.54) is 32.1 Å². The minimum atomic E-state index is -0.280. The zero-order valence-corrected chi connectivity index (χ0v) is 15.1. The first-order valence-corrected chi connectivity index (χ1v) is 9.61. The van der Waals surface area contributed by atoms with Gasteiger partial charge in [0.2, 0.25) is 0 Å². The fraction of sp³-hybridized carbons (Fsp3) is 0.857. The number of ether oxygens (including phenoxy) is 1. The molecule has 126 valence electrons. The molecule has 6 aliphatic rings. The summed E-state index contributed by atoms with van der Waals surface area (Å²) < 4.78 is 5.24. The Balaban J connectivity index is 1.60. The van der Waals surface area contributed by atoms with Crippen LogP contribution in [0.2, 0.25) is 0 Å². The number of rotatable bonds is 1. The number of allylic oxidation sites excluding steroid dienone is 2. The molecule has 0 heterocycles. The van der Waals surface area contributed by atoms with Gasteiger partial charge in [-0.15, -0.1) is 0 Å². The van der Waals surface area contributed by atoms with E-state index in [9.17, 15) is 4.79 Å². The van der Waals surface area contributed by atoms with Crippen LogP contribution in [0.3, 0.4) is 0 Å². The van der Waals surface area contributed by atoms with Crippen LogP contribution in [0.4, 0.5) is 0 Å². The summed E-state index contributed by atoms with van der Waals surface area (Å²) in [6.45, 7) is 7.20. The molecule has 0 aromatic heterocycles. The van der Waals surface area contributed by atoms with Crippen LogP contribution < -0.4 is 0 Å². The second kappa shape index (κ2) is 3.89. The molecule has 4 fully saturated rings. The Labute approximate surface area is 140 Å². The largest absolute Gasteiger partial charge is 0.469 e. The fourth-order valence-corrected chi connectivity index (χ4v) is 8.25. The number of carbonyl (C=O) groups excluding carboxylic acids is 1. The molecule has 6 aliphatic carbocycles. The van der Waals surface area contributed by atoms with Crippen molar-refractivity contribution in [2.75, 3.05) is 7.11 Å². The maximum Gasteiger partial charge on any atom is 0.311 e. The van der Waals surface area contributed by atoms with Crippen molar-refractivity contribution in [2.24, 2.45) is 39.4 Å². The second-order valence-corrected chi connectivity index (χ2v) is 10.2. The van der Waals surface area contributed by atoms with Gasteiger partial charge in [-0.25, -0.2) is 0 Å². The van der Waals surface area contributed by atoms with Crippen molar-refractivity contribution in [3.05, 3.63) is 11.6 Å². The Morgan fingerprint density at radius 1 is 1.22 bits per heavy atom. The monoisotopic (exact) mass is 314 g/mol. The topological polar surface area (TPSA) is 26.3 Å². The molecular formula is C21H30O2. The maximum atomic E-state index is 12.6. The van der Waals surface area contributed by atoms with Gasteiger partial charge in [0.15, 0.2) is 0 Å². The highest BCUT2D eigenvalue weighted by molar-refractivity contribution is 5.77. The first kappa shape index (κ1) is 14.5. The lowest BCUT2D eigenvalue weighted by atomic mass is 9.43. The summed E-state index contributed by atoms with van der Waals surface area (Å²) in [6.07, 6.45) is 11.5. The van der Waals surface area contributed by atoms with Crippen LogP contribution in [-0.2, 0) is 9.53 Å². The van der Waals surface area contributed by atoms with E-state index < -0.39 is 0 Å². The molecule has 0 radical (unpaired) electrons. The van der Waals surface area contributed by atoms with Gasteiger partial charge in [-0.1, -0.05) is 31.9 Å².